The van der Waals surface area contributed by atoms with Crippen molar-refractivity contribution in [3.63, 3.8) is 0 Å². The molecule has 0 aromatic rings. The maximum absolute atomic E-state index is 13.1. The van der Waals surface area contributed by atoms with Gasteiger partial charge in [-0.1, -0.05) is 62.3 Å². The minimum absolute atomic E-state index is 0.0437. The van der Waals surface area contributed by atoms with E-state index in [1.165, 1.54) is 16.9 Å². The number of hydrogen-bond acceptors (Lipinski definition) is 8. The van der Waals surface area contributed by atoms with Gasteiger partial charge in [0.2, 0.25) is 17.7 Å². The van der Waals surface area contributed by atoms with Crippen LogP contribution in [0.3, 0.4) is 0 Å². The molecular formula is C24H40N4O6S2. The van der Waals surface area contributed by atoms with Crippen LogP contribution in [0, 0.1) is 11.8 Å². The average Bonchev–Trinajstić information content (AvgIpc) is 2.79. The molecule has 36 heavy (non-hydrogen) atoms. The van der Waals surface area contributed by atoms with Crippen LogP contribution < -0.4 is 21.3 Å². The Morgan fingerprint density at radius 1 is 0.944 bits per heavy atom. The summed E-state index contributed by atoms with van der Waals surface area (Å²) in [6.45, 7) is 12.3. The van der Waals surface area contributed by atoms with Crippen LogP contribution in [0.15, 0.2) is 11.8 Å². The van der Waals surface area contributed by atoms with Crippen LogP contribution in [0.25, 0.3) is 0 Å². The molecule has 1 aliphatic rings. The quantitative estimate of drug-likeness (QED) is 0.165. The Bertz CT molecular complexity index is 833. The van der Waals surface area contributed by atoms with Gasteiger partial charge in [0.15, 0.2) is 0 Å². The van der Waals surface area contributed by atoms with Gasteiger partial charge in [0.1, 0.15) is 29.9 Å². The molecule has 204 valence electrons. The molecule has 10 nitrogen and oxygen atoms in total. The summed E-state index contributed by atoms with van der Waals surface area (Å²) < 4.78 is 5.41. The van der Waals surface area contributed by atoms with E-state index in [1.807, 2.05) is 6.92 Å². The topological polar surface area (TPSA) is 143 Å². The third-order valence-corrected chi connectivity index (χ3v) is 7.91. The van der Waals surface area contributed by atoms with Gasteiger partial charge in [-0.2, -0.15) is 0 Å². The highest BCUT2D eigenvalue weighted by atomic mass is 33.1. The zero-order valence-electron chi connectivity index (χ0n) is 22.1. The molecule has 0 radical (unpaired) electrons. The zero-order chi connectivity index (χ0) is 27.4. The second kappa shape index (κ2) is 15.8. The molecule has 0 aromatic heterocycles. The predicted octanol–water partition coefficient (Wildman–Crippen LogP) is 1.90. The number of rotatable bonds is 7. The molecule has 1 aliphatic heterocycles. The first-order chi connectivity index (χ1) is 16.9. The van der Waals surface area contributed by atoms with Crippen molar-refractivity contribution in [2.75, 3.05) is 11.5 Å². The molecule has 4 N–H and O–H groups in total. The van der Waals surface area contributed by atoms with E-state index < -0.39 is 53.8 Å². The van der Waals surface area contributed by atoms with E-state index in [1.54, 1.807) is 52.3 Å². The molecule has 0 spiro atoms. The van der Waals surface area contributed by atoms with Crippen molar-refractivity contribution in [2.24, 2.45) is 11.8 Å². The van der Waals surface area contributed by atoms with Gasteiger partial charge in [-0.25, -0.2) is 4.79 Å². The van der Waals surface area contributed by atoms with E-state index in [-0.39, 0.29) is 29.7 Å². The highest BCUT2D eigenvalue weighted by molar-refractivity contribution is 8.76. The van der Waals surface area contributed by atoms with Gasteiger partial charge < -0.3 is 26.0 Å². The third-order valence-electron chi connectivity index (χ3n) is 5.29. The van der Waals surface area contributed by atoms with Crippen LogP contribution in [0.1, 0.15) is 61.3 Å². The van der Waals surface area contributed by atoms with Gasteiger partial charge >= 0.3 is 5.97 Å². The Morgan fingerprint density at radius 3 is 2.14 bits per heavy atom. The van der Waals surface area contributed by atoms with E-state index in [2.05, 4.69) is 21.3 Å². The Kier molecular flexibility index (Phi) is 14.0. The molecule has 1 fully saturated rings. The van der Waals surface area contributed by atoms with Gasteiger partial charge in [0, 0.05) is 11.5 Å². The highest BCUT2D eigenvalue weighted by Gasteiger charge is 2.33. The zero-order valence-corrected chi connectivity index (χ0v) is 23.8. The summed E-state index contributed by atoms with van der Waals surface area (Å²) >= 11 is 0. The van der Waals surface area contributed by atoms with Crippen LogP contribution in [0.5, 0.6) is 0 Å². The van der Waals surface area contributed by atoms with E-state index in [9.17, 15) is 24.0 Å². The van der Waals surface area contributed by atoms with Crippen molar-refractivity contribution in [3.05, 3.63) is 11.8 Å². The van der Waals surface area contributed by atoms with E-state index in [0.29, 0.717) is 0 Å². The van der Waals surface area contributed by atoms with Gasteiger partial charge in [0.25, 0.3) is 5.91 Å². The van der Waals surface area contributed by atoms with Crippen LogP contribution in [-0.4, -0.2) is 65.3 Å². The van der Waals surface area contributed by atoms with Crippen LogP contribution in [0.4, 0.5) is 0 Å². The number of carbonyl (C=O) groups is 5. The molecule has 0 bridgehead atoms. The van der Waals surface area contributed by atoms with Crippen molar-refractivity contribution < 1.29 is 28.7 Å². The molecule has 4 unspecified atom stereocenters. The minimum atomic E-state index is -0.984. The van der Waals surface area contributed by atoms with Gasteiger partial charge in [0.05, 0.1) is 6.42 Å². The summed E-state index contributed by atoms with van der Waals surface area (Å²) in [7, 11) is 3.02. The number of esters is 1. The number of amides is 4. The largest absolute Gasteiger partial charge is 0.461 e. The summed E-state index contributed by atoms with van der Waals surface area (Å²) in [6, 6.07) is -2.84. The van der Waals surface area contributed by atoms with Gasteiger partial charge in [-0.3, -0.25) is 19.2 Å². The lowest BCUT2D eigenvalue weighted by Crippen LogP contribution is -2.57. The number of hydrogen-bond donors (Lipinski definition) is 4. The minimum Gasteiger partial charge on any atom is -0.461 e. The van der Waals surface area contributed by atoms with E-state index in [4.69, 9.17) is 4.74 Å². The lowest BCUT2D eigenvalue weighted by atomic mass is 10.0. The first kappa shape index (κ1) is 31.8. The smallest absolute Gasteiger partial charge is 0.329 e. The second-order valence-electron chi connectivity index (χ2n) is 9.30. The molecule has 1 heterocycles. The number of cyclic esters (lactones) is 1. The molecule has 0 saturated carbocycles. The van der Waals surface area contributed by atoms with Crippen LogP contribution in [-0.2, 0) is 28.7 Å². The molecule has 0 aromatic carbocycles. The number of nitrogens with one attached hydrogen (secondary N) is 4. The van der Waals surface area contributed by atoms with Crippen molar-refractivity contribution >= 4 is 51.2 Å². The fourth-order valence-electron chi connectivity index (χ4n) is 3.24. The molecular weight excluding hydrogens is 504 g/mol. The monoisotopic (exact) mass is 544 g/mol. The second-order valence-corrected chi connectivity index (χ2v) is 11.9. The number of ether oxygens (including phenoxy) is 1. The van der Waals surface area contributed by atoms with Crippen molar-refractivity contribution in [1.82, 2.24) is 21.3 Å². The summed E-state index contributed by atoms with van der Waals surface area (Å²) in [5.41, 5.74) is -0.0437. The SMILES string of the molecule is C/C=C1\NC(=O)C(CSSCCC)NC(=O)C(C(C)C)NC(=O)CC(C)OC(=O)C(C(C)C)NC1=O. The fourth-order valence-corrected chi connectivity index (χ4v) is 5.54. The summed E-state index contributed by atoms with van der Waals surface area (Å²) in [5.74, 6) is -2.32. The highest BCUT2D eigenvalue weighted by Crippen LogP contribution is 2.23. The summed E-state index contributed by atoms with van der Waals surface area (Å²) in [5, 5.41) is 10.6. The Morgan fingerprint density at radius 2 is 1.58 bits per heavy atom. The van der Waals surface area contributed by atoms with Gasteiger partial charge in [-0.15, -0.1) is 0 Å². The maximum Gasteiger partial charge on any atom is 0.329 e. The molecule has 4 amide bonds. The van der Waals surface area contributed by atoms with Crippen molar-refractivity contribution in [3.8, 4) is 0 Å². The first-order valence-electron chi connectivity index (χ1n) is 12.2. The van der Waals surface area contributed by atoms with E-state index >= 15 is 0 Å². The van der Waals surface area contributed by atoms with Gasteiger partial charge in [-0.05, 0) is 32.1 Å². The van der Waals surface area contributed by atoms with Crippen LogP contribution in [0.2, 0.25) is 0 Å². The van der Waals surface area contributed by atoms with Crippen LogP contribution >= 0.6 is 21.6 Å². The molecule has 4 atom stereocenters. The first-order valence-corrected chi connectivity index (χ1v) is 14.7. The van der Waals surface area contributed by atoms with E-state index in [0.717, 1.165) is 12.2 Å². The lowest BCUT2D eigenvalue weighted by molar-refractivity contribution is -0.154. The summed E-state index contributed by atoms with van der Waals surface area (Å²) in [4.78, 5) is 64.6. The molecule has 1 rings (SSSR count). The van der Waals surface area contributed by atoms with Crippen molar-refractivity contribution in [1.29, 1.82) is 0 Å². The van der Waals surface area contributed by atoms with Crippen molar-refractivity contribution in [2.45, 2.75) is 85.5 Å². The molecule has 0 aliphatic carbocycles. The lowest BCUT2D eigenvalue weighted by Gasteiger charge is -2.27. The average molecular weight is 545 g/mol. The molecule has 1 saturated heterocycles. The summed E-state index contributed by atoms with van der Waals surface area (Å²) in [6.07, 6.45) is 1.45. The number of allylic oxidation sites excluding steroid dienone is 1. The number of carbonyl (C=O) groups excluding carboxylic acids is 5. The Labute approximate surface area is 221 Å². The third kappa shape index (κ3) is 10.4. The Hall–Kier alpha value is -2.21. The fraction of sp³-hybridized carbons (Fsp3) is 0.708. The normalized spacial score (nSPS) is 26.4. The maximum atomic E-state index is 13.1. The standard InChI is InChI=1S/C24H40N4O6S2/c1-8-10-35-36-12-17-22(31)25-16(9-2)21(30)28-20(14(5)6)24(33)34-15(7)11-18(29)27-19(13(3)4)23(32)26-17/h9,13-15,17,19-20H,8,10-12H2,1-7H3,(H,25,31)(H,26,32)(H,27,29)(H,28,30)/b16-9-. The predicted molar refractivity (Wildman–Crippen MR) is 143 cm³/mol. The molecule has 12 heteroatoms. The Balaban J connectivity index is 3.33.